The van der Waals surface area contributed by atoms with Gasteiger partial charge >= 0.3 is 5.97 Å². The summed E-state index contributed by atoms with van der Waals surface area (Å²) in [5, 5.41) is 52.8. The summed E-state index contributed by atoms with van der Waals surface area (Å²) in [6.07, 6.45) is 3.24. The van der Waals surface area contributed by atoms with Crippen LogP contribution in [0, 0.1) is 50.2 Å². The van der Waals surface area contributed by atoms with Crippen LogP contribution in [0.5, 0.6) is 0 Å². The first-order valence-electron chi connectivity index (χ1n) is 17.6. The topological polar surface area (TPSA) is 145 Å². The molecule has 0 aromatic rings. The Labute approximate surface area is 269 Å². The lowest BCUT2D eigenvalue weighted by atomic mass is 9.33. The molecule has 6 rings (SSSR count). The van der Waals surface area contributed by atoms with Gasteiger partial charge in [0.05, 0.1) is 6.10 Å². The standard InChI is InChI=1S/C37H58O8/c1-32(2)14-16-37(19-22(38)29-27(41)26(40)28(42)30(45-29)31(43)44)17-15-35(6)20(21(37)18-32)8-9-24-34(5)12-11-25(39)33(3,4)23(34)10-13-36(24,35)7/h8,21-24,26-30,38,40-42H,9-19H2,1-7H3,(H,43,44)/t21?,22-,23?,24?,26-,27?,28+,29+,30?,34+,35-,36-,37-/m1/s1. The maximum atomic E-state index is 13.1. The van der Waals surface area contributed by atoms with Crippen molar-refractivity contribution in [2.45, 2.75) is 156 Å². The highest BCUT2D eigenvalue weighted by atomic mass is 16.6. The van der Waals surface area contributed by atoms with Crippen molar-refractivity contribution >= 4 is 11.8 Å². The molecule has 8 nitrogen and oxygen atoms in total. The summed E-state index contributed by atoms with van der Waals surface area (Å²) in [5.74, 6) is 0.0969. The highest BCUT2D eigenvalue weighted by Gasteiger charge is 2.68. The number of Topliss-reactive ketones (excluding diaryl/α,β-unsaturated/α-hetero) is 1. The maximum absolute atomic E-state index is 13.1. The molecule has 5 unspecified atom stereocenters. The molecule has 4 saturated carbocycles. The number of fused-ring (bicyclic) bond motifs is 7. The minimum Gasteiger partial charge on any atom is -0.479 e. The van der Waals surface area contributed by atoms with E-state index in [4.69, 9.17) is 4.74 Å². The number of hydrogen-bond donors (Lipinski definition) is 5. The first-order chi connectivity index (χ1) is 20.7. The second-order valence-corrected chi connectivity index (χ2v) is 18.3. The van der Waals surface area contributed by atoms with E-state index in [1.807, 2.05) is 0 Å². The molecule has 0 spiro atoms. The lowest BCUT2D eigenvalue weighted by Crippen LogP contribution is -2.65. The highest BCUT2D eigenvalue weighted by Crippen LogP contribution is 2.76. The number of hydrogen-bond acceptors (Lipinski definition) is 7. The smallest absolute Gasteiger partial charge is 0.335 e. The Balaban J connectivity index is 1.35. The number of carboxylic acids is 1. The Hall–Kier alpha value is -1.32. The largest absolute Gasteiger partial charge is 0.479 e. The molecule has 6 aliphatic rings. The van der Waals surface area contributed by atoms with Gasteiger partial charge in [0, 0.05) is 11.8 Å². The number of aliphatic hydroxyl groups excluding tert-OH is 4. The summed E-state index contributed by atoms with van der Waals surface area (Å²) in [6, 6.07) is 0. The zero-order chi connectivity index (χ0) is 33.1. The Morgan fingerprint density at radius 3 is 2.24 bits per heavy atom. The van der Waals surface area contributed by atoms with Crippen molar-refractivity contribution in [1.82, 2.24) is 0 Å². The van der Waals surface area contributed by atoms with E-state index in [9.17, 15) is 35.1 Å². The Kier molecular flexibility index (Phi) is 7.90. The fraction of sp³-hybridized carbons (Fsp3) is 0.892. The molecule has 1 saturated heterocycles. The molecule has 1 aliphatic heterocycles. The zero-order valence-corrected chi connectivity index (χ0v) is 28.5. The molecule has 5 N–H and O–H groups in total. The van der Waals surface area contributed by atoms with Crippen LogP contribution in [0.4, 0.5) is 0 Å². The molecule has 0 aromatic heterocycles. The second-order valence-electron chi connectivity index (χ2n) is 18.3. The van der Waals surface area contributed by atoms with Gasteiger partial charge < -0.3 is 30.3 Å². The van der Waals surface area contributed by atoms with Gasteiger partial charge in [0.15, 0.2) is 6.10 Å². The van der Waals surface area contributed by atoms with Crippen molar-refractivity contribution in [2.75, 3.05) is 0 Å². The summed E-state index contributed by atoms with van der Waals surface area (Å²) >= 11 is 0. The quantitative estimate of drug-likeness (QED) is 0.272. The third kappa shape index (κ3) is 4.69. The predicted octanol–water partition coefficient (Wildman–Crippen LogP) is 5.04. The number of ether oxygens (including phenoxy) is 1. The zero-order valence-electron chi connectivity index (χ0n) is 28.5. The van der Waals surface area contributed by atoms with Gasteiger partial charge in [-0.2, -0.15) is 0 Å². The van der Waals surface area contributed by atoms with Crippen LogP contribution in [-0.2, 0) is 14.3 Å². The van der Waals surface area contributed by atoms with Crippen molar-refractivity contribution in [3.05, 3.63) is 11.6 Å². The normalized spacial score (nSPS) is 51.1. The first kappa shape index (κ1) is 33.6. The molecule has 254 valence electrons. The van der Waals surface area contributed by atoms with Crippen LogP contribution in [-0.4, -0.2) is 73.9 Å². The molecule has 8 heteroatoms. The SMILES string of the molecule is CC1(C)CC[C@]2(C[C@@H](O)[C@@H]3OC(C(=O)O)[C@@H](O)[C@H](O)C3O)CC[C@]3(C)C(=CCC4[C@@]5(C)CCC(=O)C(C)(C)C5CC[C@]43C)C2C1. The van der Waals surface area contributed by atoms with Gasteiger partial charge in [0.1, 0.15) is 30.2 Å². The second kappa shape index (κ2) is 10.6. The first-order valence-corrected chi connectivity index (χ1v) is 17.6. The van der Waals surface area contributed by atoms with E-state index in [1.165, 1.54) is 5.57 Å². The summed E-state index contributed by atoms with van der Waals surface area (Å²) in [4.78, 5) is 24.9. The van der Waals surface area contributed by atoms with Crippen molar-refractivity contribution in [3.63, 3.8) is 0 Å². The van der Waals surface area contributed by atoms with Crippen LogP contribution in [0.25, 0.3) is 0 Å². The van der Waals surface area contributed by atoms with E-state index in [1.54, 1.807) is 0 Å². The van der Waals surface area contributed by atoms with Gasteiger partial charge in [-0.3, -0.25) is 4.79 Å². The van der Waals surface area contributed by atoms with Gasteiger partial charge in [-0.1, -0.05) is 60.1 Å². The van der Waals surface area contributed by atoms with Gasteiger partial charge in [-0.15, -0.1) is 0 Å². The molecular formula is C37H58O8. The minimum absolute atomic E-state index is 0.0163. The number of ketones is 1. The Morgan fingerprint density at radius 2 is 1.58 bits per heavy atom. The van der Waals surface area contributed by atoms with Crippen LogP contribution < -0.4 is 0 Å². The van der Waals surface area contributed by atoms with E-state index < -0.39 is 42.6 Å². The minimum atomic E-state index is -1.77. The van der Waals surface area contributed by atoms with Crippen LogP contribution >= 0.6 is 0 Å². The summed E-state index contributed by atoms with van der Waals surface area (Å²) < 4.78 is 5.61. The molecule has 5 fully saturated rings. The molecule has 13 atom stereocenters. The number of allylic oxidation sites excluding steroid dienone is 2. The van der Waals surface area contributed by atoms with Crippen LogP contribution in [0.15, 0.2) is 11.6 Å². The van der Waals surface area contributed by atoms with Crippen LogP contribution in [0.2, 0.25) is 0 Å². The number of rotatable bonds is 4. The van der Waals surface area contributed by atoms with E-state index in [2.05, 4.69) is 54.5 Å². The summed E-state index contributed by atoms with van der Waals surface area (Å²) in [5.41, 5.74) is 1.28. The molecule has 5 aliphatic carbocycles. The maximum Gasteiger partial charge on any atom is 0.335 e. The average molecular weight is 631 g/mol. The predicted molar refractivity (Wildman–Crippen MR) is 169 cm³/mol. The van der Waals surface area contributed by atoms with Crippen LogP contribution in [0.1, 0.15) is 119 Å². The summed E-state index contributed by atoms with van der Waals surface area (Å²) in [7, 11) is 0. The van der Waals surface area contributed by atoms with Gasteiger partial charge in [-0.05, 0) is 109 Å². The number of carbonyl (C=O) groups is 2. The fourth-order valence-electron chi connectivity index (χ4n) is 12.5. The third-order valence-corrected chi connectivity index (χ3v) is 15.4. The fourth-order valence-corrected chi connectivity index (χ4v) is 12.5. The third-order valence-electron chi connectivity index (χ3n) is 15.4. The average Bonchev–Trinajstić information content (AvgIpc) is 2.94. The number of aliphatic carboxylic acids is 1. The lowest BCUT2D eigenvalue weighted by molar-refractivity contribution is -0.249. The lowest BCUT2D eigenvalue weighted by Gasteiger charge is -2.71. The van der Waals surface area contributed by atoms with Crippen molar-refractivity contribution in [2.24, 2.45) is 50.2 Å². The van der Waals surface area contributed by atoms with Crippen molar-refractivity contribution in [1.29, 1.82) is 0 Å². The number of carboxylic acid groups (broad SMARTS) is 1. The molecule has 0 radical (unpaired) electrons. The molecule has 45 heavy (non-hydrogen) atoms. The number of aliphatic hydroxyl groups is 4. The van der Waals surface area contributed by atoms with Gasteiger partial charge in [0.25, 0.3) is 0 Å². The van der Waals surface area contributed by atoms with Crippen LogP contribution in [0.3, 0.4) is 0 Å². The Morgan fingerprint density at radius 1 is 0.911 bits per heavy atom. The van der Waals surface area contributed by atoms with Gasteiger partial charge in [-0.25, -0.2) is 4.79 Å². The number of carbonyl (C=O) groups excluding carboxylic acids is 1. The molecule has 0 amide bonds. The molecular weight excluding hydrogens is 572 g/mol. The molecule has 0 bridgehead atoms. The van der Waals surface area contributed by atoms with Gasteiger partial charge in [0.2, 0.25) is 0 Å². The molecule has 0 aromatic carbocycles. The monoisotopic (exact) mass is 630 g/mol. The van der Waals surface area contributed by atoms with E-state index in [-0.39, 0.29) is 38.4 Å². The van der Waals surface area contributed by atoms with E-state index in [0.717, 1.165) is 57.8 Å². The van der Waals surface area contributed by atoms with Crippen molar-refractivity contribution < 1.29 is 39.9 Å². The summed E-state index contributed by atoms with van der Waals surface area (Å²) in [6.45, 7) is 16.6. The van der Waals surface area contributed by atoms with E-state index >= 15 is 0 Å². The Bertz CT molecular complexity index is 1260. The van der Waals surface area contributed by atoms with Crippen molar-refractivity contribution in [3.8, 4) is 0 Å². The molecule has 1 heterocycles. The van der Waals surface area contributed by atoms with E-state index in [0.29, 0.717) is 30.5 Å². The highest BCUT2D eigenvalue weighted by molar-refractivity contribution is 5.85.